The smallest absolute Gasteiger partial charge is 0.175 e. The van der Waals surface area contributed by atoms with Gasteiger partial charge in [0, 0.05) is 21.2 Å². The van der Waals surface area contributed by atoms with Crippen LogP contribution in [0, 0.1) is 0 Å². The molecule has 0 aliphatic rings. The van der Waals surface area contributed by atoms with E-state index in [0.29, 0.717) is 38.2 Å². The Morgan fingerprint density at radius 3 is 2.65 bits per heavy atom. The molecule has 0 unspecified atom stereocenters. The van der Waals surface area contributed by atoms with Gasteiger partial charge in [0.25, 0.3) is 0 Å². The molecular formula is C16H14BrCl2NO3. The van der Waals surface area contributed by atoms with Gasteiger partial charge in [-0.05, 0) is 47.1 Å². The molecule has 2 aromatic carbocycles. The third-order valence-electron chi connectivity index (χ3n) is 2.93. The number of oxime groups is 1. The van der Waals surface area contributed by atoms with Crippen molar-refractivity contribution in [1.29, 1.82) is 0 Å². The van der Waals surface area contributed by atoms with E-state index in [2.05, 4.69) is 21.1 Å². The average molecular weight is 419 g/mol. The Morgan fingerprint density at radius 2 is 2.00 bits per heavy atom. The minimum absolute atomic E-state index is 0.266. The van der Waals surface area contributed by atoms with Gasteiger partial charge in [-0.15, -0.1) is 0 Å². The monoisotopic (exact) mass is 417 g/mol. The van der Waals surface area contributed by atoms with E-state index in [1.807, 2.05) is 13.0 Å². The van der Waals surface area contributed by atoms with E-state index in [1.165, 1.54) is 6.21 Å². The molecule has 23 heavy (non-hydrogen) atoms. The zero-order chi connectivity index (χ0) is 16.8. The van der Waals surface area contributed by atoms with Crippen molar-refractivity contribution in [2.75, 3.05) is 6.61 Å². The lowest BCUT2D eigenvalue weighted by Crippen LogP contribution is -2.02. The van der Waals surface area contributed by atoms with Crippen LogP contribution in [-0.2, 0) is 6.61 Å². The van der Waals surface area contributed by atoms with Gasteiger partial charge in [0.15, 0.2) is 11.5 Å². The first-order valence-corrected chi connectivity index (χ1v) is 8.30. The van der Waals surface area contributed by atoms with Gasteiger partial charge in [-0.1, -0.05) is 34.4 Å². The molecule has 122 valence electrons. The molecule has 0 radical (unpaired) electrons. The lowest BCUT2D eigenvalue weighted by atomic mass is 10.2. The summed E-state index contributed by atoms with van der Waals surface area (Å²) in [6.45, 7) is 2.62. The summed E-state index contributed by atoms with van der Waals surface area (Å²) >= 11 is 15.5. The van der Waals surface area contributed by atoms with Crippen LogP contribution >= 0.6 is 39.1 Å². The van der Waals surface area contributed by atoms with E-state index >= 15 is 0 Å². The molecule has 0 fully saturated rings. The Labute approximate surface area is 152 Å². The fourth-order valence-electron chi connectivity index (χ4n) is 1.92. The second kappa shape index (κ2) is 8.43. The number of hydrogen-bond acceptors (Lipinski definition) is 4. The van der Waals surface area contributed by atoms with Crippen molar-refractivity contribution in [2.24, 2.45) is 5.16 Å². The Bertz CT molecular complexity index is 723. The van der Waals surface area contributed by atoms with Crippen LogP contribution in [0.4, 0.5) is 0 Å². The highest BCUT2D eigenvalue weighted by Gasteiger charge is 2.13. The van der Waals surface area contributed by atoms with Crippen LogP contribution in [0.25, 0.3) is 0 Å². The average Bonchev–Trinajstić information content (AvgIpc) is 2.49. The van der Waals surface area contributed by atoms with Crippen LogP contribution in [0.15, 0.2) is 40.0 Å². The molecule has 0 atom stereocenters. The maximum absolute atomic E-state index is 8.66. The maximum atomic E-state index is 8.66. The first-order chi connectivity index (χ1) is 11.0. The molecule has 0 heterocycles. The highest BCUT2D eigenvalue weighted by molar-refractivity contribution is 9.10. The number of rotatable bonds is 6. The molecule has 0 aliphatic heterocycles. The molecule has 0 saturated carbocycles. The topological polar surface area (TPSA) is 51.0 Å². The predicted octanol–water partition coefficient (Wildman–Crippen LogP) is 5.54. The normalized spacial score (nSPS) is 11.0. The van der Waals surface area contributed by atoms with E-state index < -0.39 is 0 Å². The molecule has 0 saturated heterocycles. The molecule has 1 N–H and O–H groups in total. The zero-order valence-electron chi connectivity index (χ0n) is 12.2. The molecule has 2 rings (SSSR count). The van der Waals surface area contributed by atoms with E-state index in [4.69, 9.17) is 37.9 Å². The molecule has 0 bridgehead atoms. The number of halogens is 3. The quantitative estimate of drug-likeness (QED) is 0.380. The molecule has 7 heteroatoms. The molecular weight excluding hydrogens is 405 g/mol. The highest BCUT2D eigenvalue weighted by Crippen LogP contribution is 2.37. The summed E-state index contributed by atoms with van der Waals surface area (Å²) in [5.41, 5.74) is 1.49. The summed E-state index contributed by atoms with van der Waals surface area (Å²) < 4.78 is 12.1. The highest BCUT2D eigenvalue weighted by atomic mass is 79.9. The van der Waals surface area contributed by atoms with Crippen LogP contribution in [0.1, 0.15) is 18.1 Å². The third-order valence-corrected chi connectivity index (χ3v) is 4.10. The van der Waals surface area contributed by atoms with Crippen molar-refractivity contribution < 1.29 is 14.7 Å². The summed E-state index contributed by atoms with van der Waals surface area (Å²) in [5.74, 6) is 1.09. The summed E-state index contributed by atoms with van der Waals surface area (Å²) in [6, 6.07) is 8.73. The van der Waals surface area contributed by atoms with Crippen LogP contribution < -0.4 is 9.47 Å². The fourth-order valence-corrected chi connectivity index (χ4v) is 2.96. The van der Waals surface area contributed by atoms with Crippen molar-refractivity contribution >= 4 is 45.3 Å². The predicted molar refractivity (Wildman–Crippen MR) is 95.5 cm³/mol. The number of benzene rings is 2. The first kappa shape index (κ1) is 17.9. The van der Waals surface area contributed by atoms with Crippen molar-refractivity contribution in [2.45, 2.75) is 13.5 Å². The van der Waals surface area contributed by atoms with E-state index in [1.54, 1.807) is 24.3 Å². The largest absolute Gasteiger partial charge is 0.490 e. The van der Waals surface area contributed by atoms with E-state index in [-0.39, 0.29) is 6.61 Å². The summed E-state index contributed by atoms with van der Waals surface area (Å²) in [6.07, 6.45) is 1.31. The minimum atomic E-state index is 0.266. The van der Waals surface area contributed by atoms with Crippen molar-refractivity contribution in [1.82, 2.24) is 0 Å². The molecule has 4 nitrogen and oxygen atoms in total. The Balaban J connectivity index is 2.27. The lowest BCUT2D eigenvalue weighted by molar-refractivity contribution is 0.267. The molecule has 0 aromatic heterocycles. The Hall–Kier alpha value is -1.43. The van der Waals surface area contributed by atoms with Gasteiger partial charge in [-0.2, -0.15) is 0 Å². The fraction of sp³-hybridized carbons (Fsp3) is 0.188. The van der Waals surface area contributed by atoms with Gasteiger partial charge in [-0.3, -0.25) is 0 Å². The maximum Gasteiger partial charge on any atom is 0.175 e. The van der Waals surface area contributed by atoms with Crippen LogP contribution in [0.3, 0.4) is 0 Å². The van der Waals surface area contributed by atoms with Gasteiger partial charge in [0.1, 0.15) is 6.61 Å². The third kappa shape index (κ3) is 4.77. The second-order valence-electron chi connectivity index (χ2n) is 4.53. The summed E-state index contributed by atoms with van der Waals surface area (Å²) in [7, 11) is 0. The molecule has 0 amide bonds. The van der Waals surface area contributed by atoms with E-state index in [9.17, 15) is 0 Å². The molecule has 2 aromatic rings. The van der Waals surface area contributed by atoms with Gasteiger partial charge in [0.05, 0.1) is 17.3 Å². The van der Waals surface area contributed by atoms with Crippen LogP contribution in [0.2, 0.25) is 10.0 Å². The minimum Gasteiger partial charge on any atom is -0.490 e. The Morgan fingerprint density at radius 1 is 1.22 bits per heavy atom. The van der Waals surface area contributed by atoms with Gasteiger partial charge in [0.2, 0.25) is 0 Å². The van der Waals surface area contributed by atoms with Gasteiger partial charge >= 0.3 is 0 Å². The van der Waals surface area contributed by atoms with Crippen molar-refractivity contribution in [3.8, 4) is 11.5 Å². The zero-order valence-corrected chi connectivity index (χ0v) is 15.3. The number of ether oxygens (including phenoxy) is 2. The van der Waals surface area contributed by atoms with Gasteiger partial charge in [-0.25, -0.2) is 0 Å². The number of nitrogens with zero attached hydrogens (tertiary/aromatic N) is 1. The number of hydrogen-bond donors (Lipinski definition) is 1. The SMILES string of the molecule is CCOc1cc(/C=N/O)cc(Br)c1OCc1ccc(Cl)cc1Cl. The van der Waals surface area contributed by atoms with Crippen molar-refractivity contribution in [3.05, 3.63) is 56.0 Å². The molecule has 0 aliphatic carbocycles. The summed E-state index contributed by atoms with van der Waals surface area (Å²) in [4.78, 5) is 0. The molecule has 0 spiro atoms. The van der Waals surface area contributed by atoms with Crippen molar-refractivity contribution in [3.63, 3.8) is 0 Å². The summed E-state index contributed by atoms with van der Waals surface area (Å²) in [5, 5.41) is 12.8. The van der Waals surface area contributed by atoms with Crippen LogP contribution in [0.5, 0.6) is 11.5 Å². The standard InChI is InChI=1S/C16H14BrCl2NO3/c1-2-22-15-6-10(8-20-21)5-13(17)16(15)23-9-11-3-4-12(18)7-14(11)19/h3-8,21H,2,9H2,1H3/b20-8+. The van der Waals surface area contributed by atoms with Gasteiger partial charge < -0.3 is 14.7 Å². The second-order valence-corrected chi connectivity index (χ2v) is 6.23. The Kier molecular flexibility index (Phi) is 6.57. The van der Waals surface area contributed by atoms with E-state index in [0.717, 1.165) is 5.56 Å². The van der Waals surface area contributed by atoms with Crippen LogP contribution in [-0.4, -0.2) is 18.0 Å². The first-order valence-electron chi connectivity index (χ1n) is 6.75. The lowest BCUT2D eigenvalue weighted by Gasteiger charge is -2.15.